The number of rotatable bonds is 3. The summed E-state index contributed by atoms with van der Waals surface area (Å²) in [7, 11) is 0. The molecule has 2 aromatic rings. The van der Waals surface area contributed by atoms with Gasteiger partial charge in [0.05, 0.1) is 0 Å². The van der Waals surface area contributed by atoms with Crippen molar-refractivity contribution in [2.75, 3.05) is 67.1 Å². The molecule has 0 spiro atoms. The van der Waals surface area contributed by atoms with E-state index in [1.165, 1.54) is 0 Å². The number of pyridine rings is 1. The van der Waals surface area contributed by atoms with Crippen molar-refractivity contribution >= 4 is 17.5 Å². The lowest BCUT2D eigenvalue weighted by Gasteiger charge is -2.36. The van der Waals surface area contributed by atoms with Crippen molar-refractivity contribution in [3.05, 3.63) is 36.8 Å². The highest BCUT2D eigenvalue weighted by molar-refractivity contribution is 5.52. The van der Waals surface area contributed by atoms with Crippen molar-refractivity contribution in [1.82, 2.24) is 20.3 Å². The zero-order valence-electron chi connectivity index (χ0n) is 13.8. The fourth-order valence-electron chi connectivity index (χ4n) is 3.28. The normalized spacial score (nSPS) is 18.8. The molecule has 2 aromatic heterocycles. The van der Waals surface area contributed by atoms with Gasteiger partial charge in [0.2, 0.25) is 0 Å². The van der Waals surface area contributed by atoms with Crippen LogP contribution in [0.15, 0.2) is 36.8 Å². The fourth-order valence-corrected chi connectivity index (χ4v) is 3.28. The second-order valence-electron chi connectivity index (χ2n) is 6.13. The van der Waals surface area contributed by atoms with Crippen LogP contribution in [0.25, 0.3) is 0 Å². The van der Waals surface area contributed by atoms with E-state index in [-0.39, 0.29) is 0 Å². The topological polar surface area (TPSA) is 60.4 Å². The monoisotopic (exact) mass is 325 g/mol. The van der Waals surface area contributed by atoms with Gasteiger partial charge in [-0.05, 0) is 12.1 Å². The average Bonchev–Trinajstić information content (AvgIpc) is 2.70. The maximum absolute atomic E-state index is 4.49. The van der Waals surface area contributed by atoms with Gasteiger partial charge in [-0.25, -0.2) is 15.0 Å². The van der Waals surface area contributed by atoms with E-state index in [0.717, 1.165) is 69.8 Å². The Labute approximate surface area is 142 Å². The highest BCUT2D eigenvalue weighted by Crippen LogP contribution is 2.20. The van der Waals surface area contributed by atoms with E-state index in [1.807, 2.05) is 18.3 Å². The Morgan fingerprint density at radius 3 is 1.96 bits per heavy atom. The van der Waals surface area contributed by atoms with Gasteiger partial charge in [-0.1, -0.05) is 6.07 Å². The van der Waals surface area contributed by atoms with Gasteiger partial charge >= 0.3 is 0 Å². The summed E-state index contributed by atoms with van der Waals surface area (Å²) in [6.07, 6.45) is 3.55. The van der Waals surface area contributed by atoms with E-state index >= 15 is 0 Å². The number of piperazine rings is 2. The largest absolute Gasteiger partial charge is 0.354 e. The molecule has 126 valence electrons. The van der Waals surface area contributed by atoms with Gasteiger partial charge in [0, 0.05) is 64.6 Å². The first-order valence-corrected chi connectivity index (χ1v) is 8.59. The predicted molar refractivity (Wildman–Crippen MR) is 95.8 cm³/mol. The second kappa shape index (κ2) is 7.00. The molecule has 0 aromatic carbocycles. The molecular weight excluding hydrogens is 302 g/mol. The lowest BCUT2D eigenvalue weighted by Crippen LogP contribution is -2.47. The molecular formula is C17H23N7. The van der Waals surface area contributed by atoms with Crippen molar-refractivity contribution in [3.63, 3.8) is 0 Å². The highest BCUT2D eigenvalue weighted by atomic mass is 15.3. The summed E-state index contributed by atoms with van der Waals surface area (Å²) in [5, 5.41) is 3.38. The average molecular weight is 325 g/mol. The Bertz CT molecular complexity index is 649. The van der Waals surface area contributed by atoms with Crippen LogP contribution in [0, 0.1) is 0 Å². The number of hydrogen-bond acceptors (Lipinski definition) is 7. The van der Waals surface area contributed by atoms with Crippen LogP contribution in [-0.4, -0.2) is 67.3 Å². The molecule has 0 unspecified atom stereocenters. The lowest BCUT2D eigenvalue weighted by molar-refractivity contribution is 0.584. The first-order chi connectivity index (χ1) is 11.9. The van der Waals surface area contributed by atoms with E-state index in [1.54, 1.807) is 6.33 Å². The van der Waals surface area contributed by atoms with Crippen LogP contribution in [0.5, 0.6) is 0 Å². The molecule has 2 aliphatic rings. The van der Waals surface area contributed by atoms with Gasteiger partial charge in [-0.3, -0.25) is 0 Å². The minimum Gasteiger partial charge on any atom is -0.354 e. The minimum atomic E-state index is 0.953. The summed E-state index contributed by atoms with van der Waals surface area (Å²) >= 11 is 0. The first kappa shape index (κ1) is 15.1. The third kappa shape index (κ3) is 3.26. The van der Waals surface area contributed by atoms with Crippen LogP contribution >= 0.6 is 0 Å². The molecule has 0 aliphatic carbocycles. The molecule has 7 heteroatoms. The van der Waals surface area contributed by atoms with Gasteiger partial charge in [-0.15, -0.1) is 0 Å². The van der Waals surface area contributed by atoms with Gasteiger partial charge in [-0.2, -0.15) is 0 Å². The number of nitrogens with zero attached hydrogens (tertiary/aromatic N) is 6. The van der Waals surface area contributed by atoms with Crippen molar-refractivity contribution in [3.8, 4) is 0 Å². The molecule has 7 nitrogen and oxygen atoms in total. The third-order valence-electron chi connectivity index (χ3n) is 4.66. The zero-order valence-corrected chi connectivity index (χ0v) is 13.8. The van der Waals surface area contributed by atoms with E-state index in [0.29, 0.717) is 0 Å². The van der Waals surface area contributed by atoms with Crippen molar-refractivity contribution in [1.29, 1.82) is 0 Å². The molecule has 2 saturated heterocycles. The Hall–Kier alpha value is -2.41. The standard InChI is InChI=1S/C17H23N7/c1-2-4-19-15(3-1)23-9-11-24(12-10-23)17-13-16(20-14-21-17)22-7-5-18-6-8-22/h1-4,13-14,18H,5-12H2. The van der Waals surface area contributed by atoms with Crippen LogP contribution in [-0.2, 0) is 0 Å². The van der Waals surface area contributed by atoms with Gasteiger partial charge in [0.15, 0.2) is 0 Å². The van der Waals surface area contributed by atoms with Gasteiger partial charge < -0.3 is 20.0 Å². The molecule has 1 N–H and O–H groups in total. The molecule has 0 bridgehead atoms. The summed E-state index contributed by atoms with van der Waals surface area (Å²) in [6, 6.07) is 8.20. The van der Waals surface area contributed by atoms with Crippen LogP contribution < -0.4 is 20.0 Å². The Kier molecular flexibility index (Phi) is 4.42. The van der Waals surface area contributed by atoms with E-state index < -0.39 is 0 Å². The Morgan fingerprint density at radius 2 is 1.33 bits per heavy atom. The Balaban J connectivity index is 1.42. The summed E-state index contributed by atoms with van der Waals surface area (Å²) in [5.74, 6) is 3.12. The van der Waals surface area contributed by atoms with E-state index in [2.05, 4.69) is 47.1 Å². The van der Waals surface area contributed by atoms with Gasteiger partial charge in [0.1, 0.15) is 23.8 Å². The predicted octanol–water partition coefficient (Wildman–Crippen LogP) is 0.608. The zero-order chi connectivity index (χ0) is 16.2. The summed E-state index contributed by atoms with van der Waals surface area (Å²) < 4.78 is 0. The number of aromatic nitrogens is 3. The van der Waals surface area contributed by atoms with Crippen LogP contribution in [0.3, 0.4) is 0 Å². The summed E-state index contributed by atoms with van der Waals surface area (Å²) in [6.45, 7) is 7.87. The molecule has 2 aliphatic heterocycles. The van der Waals surface area contributed by atoms with Crippen LogP contribution in [0.2, 0.25) is 0 Å². The highest BCUT2D eigenvalue weighted by Gasteiger charge is 2.20. The SMILES string of the molecule is c1ccc(N2CCN(c3cc(N4CCNCC4)ncn3)CC2)nc1. The molecule has 0 radical (unpaired) electrons. The van der Waals surface area contributed by atoms with Crippen LogP contribution in [0.1, 0.15) is 0 Å². The summed E-state index contributed by atoms with van der Waals surface area (Å²) in [5.41, 5.74) is 0. The van der Waals surface area contributed by atoms with Crippen molar-refractivity contribution in [2.45, 2.75) is 0 Å². The molecule has 4 rings (SSSR count). The molecule has 0 atom stereocenters. The maximum Gasteiger partial charge on any atom is 0.134 e. The minimum absolute atomic E-state index is 0.953. The molecule has 4 heterocycles. The lowest BCUT2D eigenvalue weighted by atomic mass is 10.3. The third-order valence-corrected chi connectivity index (χ3v) is 4.66. The van der Waals surface area contributed by atoms with Crippen molar-refractivity contribution in [2.24, 2.45) is 0 Å². The quantitative estimate of drug-likeness (QED) is 0.887. The maximum atomic E-state index is 4.49. The van der Waals surface area contributed by atoms with Crippen LogP contribution in [0.4, 0.5) is 17.5 Å². The van der Waals surface area contributed by atoms with Gasteiger partial charge in [0.25, 0.3) is 0 Å². The molecule has 0 saturated carbocycles. The Morgan fingerprint density at radius 1 is 0.708 bits per heavy atom. The van der Waals surface area contributed by atoms with E-state index in [4.69, 9.17) is 0 Å². The second-order valence-corrected chi connectivity index (χ2v) is 6.13. The summed E-state index contributed by atoms with van der Waals surface area (Å²) in [4.78, 5) is 20.4. The number of nitrogens with one attached hydrogen (secondary N) is 1. The number of anilines is 3. The molecule has 24 heavy (non-hydrogen) atoms. The fraction of sp³-hybridized carbons (Fsp3) is 0.471. The smallest absolute Gasteiger partial charge is 0.134 e. The first-order valence-electron chi connectivity index (χ1n) is 8.59. The van der Waals surface area contributed by atoms with Crippen molar-refractivity contribution < 1.29 is 0 Å². The molecule has 2 fully saturated rings. The molecule has 0 amide bonds. The van der Waals surface area contributed by atoms with E-state index in [9.17, 15) is 0 Å². The number of hydrogen-bond donors (Lipinski definition) is 1.